The highest BCUT2D eigenvalue weighted by atomic mass is 79.9. The van der Waals surface area contributed by atoms with Crippen molar-refractivity contribution in [2.45, 2.75) is 31.7 Å². The minimum atomic E-state index is -3.49. The van der Waals surface area contributed by atoms with Gasteiger partial charge in [-0.05, 0) is 42.5 Å². The third-order valence-corrected chi connectivity index (χ3v) is 5.34. The predicted octanol–water partition coefficient (Wildman–Crippen LogP) is 4.17. The molecule has 0 radical (unpaired) electrons. The Labute approximate surface area is 169 Å². The highest BCUT2D eigenvalue weighted by Gasteiger charge is 2.18. The Kier molecular flexibility index (Phi) is 8.01. The fraction of sp³-hybridized carbons (Fsp3) is 0.350. The SMILES string of the molecule is C[C@H](NC(=O)CC(CCOS(C)(=O)=O)c1ccccc1)c1ccc(Br)cc1. The summed E-state index contributed by atoms with van der Waals surface area (Å²) in [4.78, 5) is 12.6. The summed E-state index contributed by atoms with van der Waals surface area (Å²) in [5.74, 6) is -0.205. The topological polar surface area (TPSA) is 72.5 Å². The summed E-state index contributed by atoms with van der Waals surface area (Å²) in [6, 6.07) is 17.3. The van der Waals surface area contributed by atoms with E-state index in [1.54, 1.807) is 0 Å². The summed E-state index contributed by atoms with van der Waals surface area (Å²) in [6.07, 6.45) is 1.73. The number of halogens is 1. The van der Waals surface area contributed by atoms with Crippen LogP contribution in [0.25, 0.3) is 0 Å². The van der Waals surface area contributed by atoms with Gasteiger partial charge in [-0.15, -0.1) is 0 Å². The Morgan fingerprint density at radius 3 is 2.30 bits per heavy atom. The lowest BCUT2D eigenvalue weighted by Gasteiger charge is -2.19. The van der Waals surface area contributed by atoms with Crippen LogP contribution < -0.4 is 5.32 Å². The number of rotatable bonds is 9. The average Bonchev–Trinajstić information content (AvgIpc) is 2.61. The van der Waals surface area contributed by atoms with Crippen LogP contribution in [0.3, 0.4) is 0 Å². The third kappa shape index (κ3) is 7.82. The molecule has 2 aromatic rings. The summed E-state index contributed by atoms with van der Waals surface area (Å²) in [5, 5.41) is 3.01. The van der Waals surface area contributed by atoms with E-state index in [1.807, 2.05) is 61.5 Å². The van der Waals surface area contributed by atoms with Crippen molar-refractivity contribution in [3.05, 3.63) is 70.2 Å². The van der Waals surface area contributed by atoms with E-state index in [-0.39, 0.29) is 30.9 Å². The zero-order valence-electron chi connectivity index (χ0n) is 15.4. The molecule has 0 saturated heterocycles. The number of carbonyl (C=O) groups is 1. The first-order valence-electron chi connectivity index (χ1n) is 8.69. The van der Waals surface area contributed by atoms with Crippen molar-refractivity contribution < 1.29 is 17.4 Å². The summed E-state index contributed by atoms with van der Waals surface area (Å²) >= 11 is 3.40. The molecule has 0 aliphatic carbocycles. The van der Waals surface area contributed by atoms with Gasteiger partial charge in [-0.3, -0.25) is 8.98 Å². The van der Waals surface area contributed by atoms with Crippen LogP contribution in [0.1, 0.15) is 42.9 Å². The normalized spacial score (nSPS) is 13.7. The molecule has 0 aliphatic rings. The quantitative estimate of drug-likeness (QED) is 0.578. The summed E-state index contributed by atoms with van der Waals surface area (Å²) in [6.45, 7) is 1.99. The molecule has 7 heteroatoms. The van der Waals surface area contributed by atoms with Gasteiger partial charge < -0.3 is 5.32 Å². The highest BCUT2D eigenvalue weighted by Crippen LogP contribution is 2.24. The number of hydrogen-bond acceptors (Lipinski definition) is 4. The van der Waals surface area contributed by atoms with Crippen molar-refractivity contribution in [1.29, 1.82) is 0 Å². The van der Waals surface area contributed by atoms with Crippen LogP contribution >= 0.6 is 15.9 Å². The van der Waals surface area contributed by atoms with Crippen molar-refractivity contribution in [2.75, 3.05) is 12.9 Å². The van der Waals surface area contributed by atoms with Crippen LogP contribution in [0, 0.1) is 0 Å². The minimum Gasteiger partial charge on any atom is -0.350 e. The number of amides is 1. The Bertz CT molecular complexity index is 838. The molecule has 1 unspecified atom stereocenters. The summed E-state index contributed by atoms with van der Waals surface area (Å²) in [7, 11) is -3.49. The second-order valence-corrected chi connectivity index (χ2v) is 9.03. The Morgan fingerprint density at radius 1 is 1.07 bits per heavy atom. The molecule has 2 aromatic carbocycles. The maximum atomic E-state index is 12.6. The molecule has 27 heavy (non-hydrogen) atoms. The first-order valence-corrected chi connectivity index (χ1v) is 11.3. The first-order chi connectivity index (χ1) is 12.7. The van der Waals surface area contributed by atoms with Crippen molar-refractivity contribution in [3.8, 4) is 0 Å². The molecule has 0 heterocycles. The smallest absolute Gasteiger partial charge is 0.264 e. The third-order valence-electron chi connectivity index (χ3n) is 4.21. The van der Waals surface area contributed by atoms with Gasteiger partial charge in [-0.25, -0.2) is 0 Å². The maximum absolute atomic E-state index is 12.6. The van der Waals surface area contributed by atoms with Crippen LogP contribution in [0.4, 0.5) is 0 Å². The van der Waals surface area contributed by atoms with Gasteiger partial charge in [0.1, 0.15) is 0 Å². The van der Waals surface area contributed by atoms with Crippen LogP contribution in [0.5, 0.6) is 0 Å². The lowest BCUT2D eigenvalue weighted by atomic mass is 9.92. The van der Waals surface area contributed by atoms with Crippen molar-refractivity contribution in [2.24, 2.45) is 0 Å². The van der Waals surface area contributed by atoms with Crippen molar-refractivity contribution in [1.82, 2.24) is 5.32 Å². The molecule has 0 spiro atoms. The highest BCUT2D eigenvalue weighted by molar-refractivity contribution is 9.10. The van der Waals surface area contributed by atoms with Gasteiger partial charge in [0.15, 0.2) is 0 Å². The van der Waals surface area contributed by atoms with Gasteiger partial charge >= 0.3 is 0 Å². The second kappa shape index (κ2) is 10.0. The lowest BCUT2D eigenvalue weighted by Crippen LogP contribution is -2.28. The van der Waals surface area contributed by atoms with E-state index < -0.39 is 10.1 Å². The van der Waals surface area contributed by atoms with Gasteiger partial charge in [0.25, 0.3) is 10.1 Å². The molecular formula is C20H24BrNO4S. The maximum Gasteiger partial charge on any atom is 0.264 e. The van der Waals surface area contributed by atoms with E-state index in [0.29, 0.717) is 6.42 Å². The molecule has 0 saturated carbocycles. The predicted molar refractivity (Wildman–Crippen MR) is 110 cm³/mol. The Balaban J connectivity index is 2.00. The monoisotopic (exact) mass is 453 g/mol. The minimum absolute atomic E-state index is 0.0495. The molecule has 0 aromatic heterocycles. The zero-order chi connectivity index (χ0) is 19.9. The standard InChI is InChI=1S/C20H24BrNO4S/c1-15(16-8-10-19(21)11-9-16)22-20(23)14-18(12-13-26-27(2,24)25)17-6-4-3-5-7-17/h3-11,15,18H,12-14H2,1-2H3,(H,22,23)/t15-,18?/m0/s1. The molecule has 0 aliphatic heterocycles. The number of nitrogens with one attached hydrogen (secondary N) is 1. The summed E-state index contributed by atoms with van der Waals surface area (Å²) < 4.78 is 28.2. The fourth-order valence-electron chi connectivity index (χ4n) is 2.81. The van der Waals surface area contributed by atoms with Gasteiger partial charge in [0.05, 0.1) is 18.9 Å². The molecule has 1 amide bonds. The van der Waals surface area contributed by atoms with Gasteiger partial charge in [0.2, 0.25) is 5.91 Å². The number of benzene rings is 2. The molecule has 146 valence electrons. The second-order valence-electron chi connectivity index (χ2n) is 6.47. The molecule has 2 atom stereocenters. The van der Waals surface area contributed by atoms with E-state index in [4.69, 9.17) is 4.18 Å². The van der Waals surface area contributed by atoms with Crippen LogP contribution in [0.2, 0.25) is 0 Å². The Morgan fingerprint density at radius 2 is 1.70 bits per heavy atom. The fourth-order valence-corrected chi connectivity index (χ4v) is 3.48. The molecule has 2 rings (SSSR count). The summed E-state index contributed by atoms with van der Waals surface area (Å²) in [5.41, 5.74) is 2.00. The largest absolute Gasteiger partial charge is 0.350 e. The van der Waals surface area contributed by atoms with E-state index in [9.17, 15) is 13.2 Å². The van der Waals surface area contributed by atoms with E-state index >= 15 is 0 Å². The van der Waals surface area contributed by atoms with Crippen molar-refractivity contribution in [3.63, 3.8) is 0 Å². The Hall–Kier alpha value is -1.70. The number of hydrogen-bond donors (Lipinski definition) is 1. The lowest BCUT2D eigenvalue weighted by molar-refractivity contribution is -0.122. The van der Waals surface area contributed by atoms with Gasteiger partial charge in [-0.2, -0.15) is 8.42 Å². The van der Waals surface area contributed by atoms with Gasteiger partial charge in [0, 0.05) is 10.9 Å². The molecular weight excluding hydrogens is 430 g/mol. The molecule has 1 N–H and O–H groups in total. The number of carbonyl (C=O) groups excluding carboxylic acids is 1. The average molecular weight is 454 g/mol. The molecule has 0 bridgehead atoms. The first kappa shape index (κ1) is 21.6. The van der Waals surface area contributed by atoms with E-state index in [1.165, 1.54) is 0 Å². The van der Waals surface area contributed by atoms with E-state index in [0.717, 1.165) is 21.9 Å². The van der Waals surface area contributed by atoms with Crippen molar-refractivity contribution >= 4 is 32.0 Å². The van der Waals surface area contributed by atoms with E-state index in [2.05, 4.69) is 21.2 Å². The molecule has 5 nitrogen and oxygen atoms in total. The van der Waals surface area contributed by atoms with Crippen LogP contribution in [-0.4, -0.2) is 27.2 Å². The van der Waals surface area contributed by atoms with Crippen LogP contribution in [-0.2, 0) is 19.1 Å². The van der Waals surface area contributed by atoms with Gasteiger partial charge in [-0.1, -0.05) is 58.4 Å². The molecule has 0 fully saturated rings. The van der Waals surface area contributed by atoms with Crippen LogP contribution in [0.15, 0.2) is 59.1 Å². The zero-order valence-corrected chi connectivity index (χ0v) is 17.8.